The first kappa shape index (κ1) is 16.3. The second-order valence-electron chi connectivity index (χ2n) is 4.68. The molecule has 2 atom stereocenters. The molecule has 0 saturated carbocycles. The predicted octanol–water partition coefficient (Wildman–Crippen LogP) is 6.62. The highest BCUT2D eigenvalue weighted by molar-refractivity contribution is 9.10. The molecule has 5 heteroatoms. The van der Waals surface area contributed by atoms with E-state index in [1.165, 1.54) is 16.9 Å². The summed E-state index contributed by atoms with van der Waals surface area (Å²) in [5.74, 6) is 0. The summed E-state index contributed by atoms with van der Waals surface area (Å²) in [6, 6.07) is 10.8. The van der Waals surface area contributed by atoms with Gasteiger partial charge in [-0.25, -0.2) is 0 Å². The van der Waals surface area contributed by atoms with Crippen LogP contribution in [0.2, 0.25) is 8.67 Å². The summed E-state index contributed by atoms with van der Waals surface area (Å²) >= 11 is 17.1. The molecule has 0 saturated heterocycles. The highest BCUT2D eigenvalue weighted by atomic mass is 79.9. The molecular formula is C15H16BrCl2NS. The third-order valence-electron chi connectivity index (χ3n) is 3.28. The number of rotatable bonds is 5. The fourth-order valence-electron chi connectivity index (χ4n) is 2.18. The number of thiophene rings is 1. The van der Waals surface area contributed by atoms with E-state index in [2.05, 4.69) is 59.4 Å². The molecule has 1 aromatic carbocycles. The molecule has 2 aromatic rings. The van der Waals surface area contributed by atoms with E-state index in [0.717, 1.165) is 25.1 Å². The van der Waals surface area contributed by atoms with Crippen LogP contribution < -0.4 is 5.32 Å². The van der Waals surface area contributed by atoms with Gasteiger partial charge in [0.05, 0.1) is 8.67 Å². The summed E-state index contributed by atoms with van der Waals surface area (Å²) in [5, 5.41) is 3.62. The van der Waals surface area contributed by atoms with Crippen molar-refractivity contribution in [2.45, 2.75) is 32.4 Å². The van der Waals surface area contributed by atoms with Gasteiger partial charge in [-0.1, -0.05) is 58.2 Å². The van der Waals surface area contributed by atoms with Crippen molar-refractivity contribution in [1.29, 1.82) is 0 Å². The quantitative estimate of drug-likeness (QED) is 0.602. The molecule has 2 rings (SSSR count). The summed E-state index contributed by atoms with van der Waals surface area (Å²) in [5.41, 5.74) is 2.34. The molecule has 1 N–H and O–H groups in total. The van der Waals surface area contributed by atoms with Gasteiger partial charge in [-0.3, -0.25) is 0 Å². The highest BCUT2D eigenvalue weighted by Gasteiger charge is 2.17. The normalized spacial score (nSPS) is 14.2. The van der Waals surface area contributed by atoms with Crippen molar-refractivity contribution in [3.63, 3.8) is 0 Å². The van der Waals surface area contributed by atoms with Crippen LogP contribution >= 0.6 is 50.5 Å². The van der Waals surface area contributed by atoms with Crippen LogP contribution in [0.4, 0.5) is 0 Å². The molecule has 2 unspecified atom stereocenters. The number of benzene rings is 1. The highest BCUT2D eigenvalue weighted by Crippen LogP contribution is 2.36. The van der Waals surface area contributed by atoms with Gasteiger partial charge in [0.2, 0.25) is 0 Å². The third kappa shape index (κ3) is 3.99. The standard InChI is InChI=1S/C15H16BrCl2NS/c1-3-13(10-4-6-11(16)7-5-10)19-9(2)12-8-14(17)20-15(12)18/h4-9,13,19H,3H2,1-2H3. The van der Waals surface area contributed by atoms with Crippen LogP contribution in [0.25, 0.3) is 0 Å². The van der Waals surface area contributed by atoms with Crippen LogP contribution in [0.3, 0.4) is 0 Å². The van der Waals surface area contributed by atoms with Crippen LogP contribution in [0.15, 0.2) is 34.8 Å². The molecule has 0 radical (unpaired) electrons. The lowest BCUT2D eigenvalue weighted by atomic mass is 10.0. The van der Waals surface area contributed by atoms with Gasteiger partial charge < -0.3 is 5.32 Å². The second-order valence-corrected chi connectivity index (χ2v) is 7.88. The van der Waals surface area contributed by atoms with E-state index in [-0.39, 0.29) is 6.04 Å². The van der Waals surface area contributed by atoms with E-state index < -0.39 is 0 Å². The Kier molecular flexibility index (Phi) is 5.94. The minimum atomic E-state index is 0.167. The van der Waals surface area contributed by atoms with Crippen LogP contribution in [0.1, 0.15) is 43.5 Å². The lowest BCUT2D eigenvalue weighted by Gasteiger charge is -2.22. The molecule has 0 aliphatic heterocycles. The Bertz CT molecular complexity index is 568. The van der Waals surface area contributed by atoms with Crippen molar-refractivity contribution in [1.82, 2.24) is 5.32 Å². The fourth-order valence-corrected chi connectivity index (χ4v) is 4.09. The Balaban J connectivity index is 2.13. The first-order valence-corrected chi connectivity index (χ1v) is 8.84. The molecule has 108 valence electrons. The molecule has 20 heavy (non-hydrogen) atoms. The average Bonchev–Trinajstić information content (AvgIpc) is 2.76. The zero-order chi connectivity index (χ0) is 14.7. The molecule has 1 heterocycles. The van der Waals surface area contributed by atoms with Gasteiger partial charge in [-0.05, 0) is 42.7 Å². The summed E-state index contributed by atoms with van der Waals surface area (Å²) < 4.78 is 2.59. The number of halogens is 3. The third-order valence-corrected chi connectivity index (χ3v) is 5.33. The number of hydrogen-bond acceptors (Lipinski definition) is 2. The maximum atomic E-state index is 6.22. The fraction of sp³-hybridized carbons (Fsp3) is 0.333. The van der Waals surface area contributed by atoms with Crippen molar-refractivity contribution in [2.24, 2.45) is 0 Å². The Labute approximate surface area is 142 Å². The Hall–Kier alpha value is -0.0600. The summed E-state index contributed by atoms with van der Waals surface area (Å²) in [6.45, 7) is 4.29. The van der Waals surface area contributed by atoms with Crippen molar-refractivity contribution in [3.05, 3.63) is 54.6 Å². The predicted molar refractivity (Wildman–Crippen MR) is 93.1 cm³/mol. The molecule has 1 aromatic heterocycles. The topological polar surface area (TPSA) is 12.0 Å². The molecule has 0 amide bonds. The Morgan fingerprint density at radius 1 is 1.25 bits per heavy atom. The van der Waals surface area contributed by atoms with Crippen LogP contribution in [-0.2, 0) is 0 Å². The average molecular weight is 393 g/mol. The summed E-state index contributed by atoms with van der Waals surface area (Å²) in [6.07, 6.45) is 1.02. The van der Waals surface area contributed by atoms with Crippen molar-refractivity contribution in [2.75, 3.05) is 0 Å². The minimum Gasteiger partial charge on any atom is -0.303 e. The zero-order valence-electron chi connectivity index (χ0n) is 11.3. The van der Waals surface area contributed by atoms with E-state index in [0.29, 0.717) is 6.04 Å². The minimum absolute atomic E-state index is 0.167. The molecule has 0 aliphatic carbocycles. The van der Waals surface area contributed by atoms with Gasteiger partial charge >= 0.3 is 0 Å². The molecule has 0 aliphatic rings. The van der Waals surface area contributed by atoms with Crippen molar-refractivity contribution < 1.29 is 0 Å². The van der Waals surface area contributed by atoms with Crippen molar-refractivity contribution >= 4 is 50.5 Å². The van der Waals surface area contributed by atoms with Gasteiger partial charge in [-0.2, -0.15) is 0 Å². The van der Waals surface area contributed by atoms with Crippen LogP contribution in [0, 0.1) is 0 Å². The van der Waals surface area contributed by atoms with Gasteiger partial charge in [-0.15, -0.1) is 11.3 Å². The SMILES string of the molecule is CCC(NC(C)c1cc(Cl)sc1Cl)c1ccc(Br)cc1. The van der Waals surface area contributed by atoms with Crippen LogP contribution in [-0.4, -0.2) is 0 Å². The van der Waals surface area contributed by atoms with E-state index >= 15 is 0 Å². The number of hydrogen-bond donors (Lipinski definition) is 1. The van der Waals surface area contributed by atoms with E-state index in [9.17, 15) is 0 Å². The van der Waals surface area contributed by atoms with E-state index in [1.807, 2.05) is 6.07 Å². The molecule has 0 bridgehead atoms. The monoisotopic (exact) mass is 391 g/mol. The first-order valence-electron chi connectivity index (χ1n) is 6.47. The lowest BCUT2D eigenvalue weighted by Crippen LogP contribution is -2.24. The van der Waals surface area contributed by atoms with Gasteiger partial charge in [0.1, 0.15) is 0 Å². The van der Waals surface area contributed by atoms with Crippen molar-refractivity contribution in [3.8, 4) is 0 Å². The zero-order valence-corrected chi connectivity index (χ0v) is 15.2. The molecule has 0 fully saturated rings. The maximum Gasteiger partial charge on any atom is 0.0991 e. The lowest BCUT2D eigenvalue weighted by molar-refractivity contribution is 0.457. The van der Waals surface area contributed by atoms with E-state index in [4.69, 9.17) is 23.2 Å². The van der Waals surface area contributed by atoms with Gasteiger partial charge in [0.15, 0.2) is 0 Å². The van der Waals surface area contributed by atoms with E-state index in [1.54, 1.807) is 0 Å². The first-order chi connectivity index (χ1) is 9.51. The Morgan fingerprint density at radius 2 is 1.90 bits per heavy atom. The molecule has 1 nitrogen and oxygen atoms in total. The van der Waals surface area contributed by atoms with Crippen LogP contribution in [0.5, 0.6) is 0 Å². The molecular weight excluding hydrogens is 377 g/mol. The van der Waals surface area contributed by atoms with Gasteiger partial charge in [0.25, 0.3) is 0 Å². The Morgan fingerprint density at radius 3 is 2.40 bits per heavy atom. The summed E-state index contributed by atoms with van der Waals surface area (Å²) in [4.78, 5) is 0. The summed E-state index contributed by atoms with van der Waals surface area (Å²) in [7, 11) is 0. The number of nitrogens with one attached hydrogen (secondary N) is 1. The smallest absolute Gasteiger partial charge is 0.0991 e. The second kappa shape index (κ2) is 7.28. The van der Waals surface area contributed by atoms with Gasteiger partial charge in [0, 0.05) is 16.6 Å². The maximum absolute atomic E-state index is 6.22. The largest absolute Gasteiger partial charge is 0.303 e. The molecule has 0 spiro atoms.